The third kappa shape index (κ3) is 4.69. The first-order valence-electron chi connectivity index (χ1n) is 12.2. The van der Waals surface area contributed by atoms with Gasteiger partial charge in [0.05, 0.1) is 48.9 Å². The number of nitrogens with zero attached hydrogens (tertiary/aromatic N) is 3. The molecule has 2 aromatic carbocycles. The van der Waals surface area contributed by atoms with Gasteiger partial charge in [0.25, 0.3) is 0 Å². The predicted octanol–water partition coefficient (Wildman–Crippen LogP) is 6.70. The summed E-state index contributed by atoms with van der Waals surface area (Å²) in [6, 6.07) is 17.7. The van der Waals surface area contributed by atoms with E-state index in [0.29, 0.717) is 33.7 Å². The highest BCUT2D eigenvalue weighted by Gasteiger charge is 2.44. The second kappa shape index (κ2) is 10.3. The molecule has 0 unspecified atom stereocenters. The molecule has 1 fully saturated rings. The predicted molar refractivity (Wildman–Crippen MR) is 148 cm³/mol. The molecular formula is C29H27F3N4O2S. The first-order valence-corrected chi connectivity index (χ1v) is 12.6. The first kappa shape index (κ1) is 26.6. The van der Waals surface area contributed by atoms with Crippen molar-refractivity contribution in [3.05, 3.63) is 101 Å². The number of halogens is 3. The third-order valence-electron chi connectivity index (χ3n) is 6.98. The molecule has 1 aliphatic rings. The van der Waals surface area contributed by atoms with E-state index >= 15 is 0 Å². The smallest absolute Gasteiger partial charge is 0.418 e. The Bertz CT molecular complexity index is 1520. The summed E-state index contributed by atoms with van der Waals surface area (Å²) < 4.78 is 54.8. The van der Waals surface area contributed by atoms with Gasteiger partial charge in [0.15, 0.2) is 5.11 Å². The van der Waals surface area contributed by atoms with E-state index < -0.39 is 17.8 Å². The number of thiocarbonyl (C=S) groups is 1. The Morgan fingerprint density at radius 2 is 1.67 bits per heavy atom. The van der Waals surface area contributed by atoms with Crippen LogP contribution in [0.1, 0.15) is 40.3 Å². The number of para-hydroxylation sites is 1. The molecule has 39 heavy (non-hydrogen) atoms. The molecule has 0 radical (unpaired) electrons. The zero-order valence-electron chi connectivity index (χ0n) is 21.8. The van der Waals surface area contributed by atoms with E-state index in [-0.39, 0.29) is 11.7 Å². The maximum Gasteiger partial charge on any atom is 0.418 e. The number of alkyl halides is 3. The second-order valence-electron chi connectivity index (χ2n) is 9.21. The topological polar surface area (TPSA) is 51.6 Å². The van der Waals surface area contributed by atoms with E-state index in [9.17, 15) is 13.2 Å². The Hall–Kier alpha value is -4.05. The normalized spacial score (nSPS) is 17.3. The molecule has 0 aliphatic carbocycles. The van der Waals surface area contributed by atoms with Gasteiger partial charge in [0.2, 0.25) is 0 Å². The molecule has 0 bridgehead atoms. The largest absolute Gasteiger partial charge is 0.497 e. The Kier molecular flexibility index (Phi) is 6.98. The Balaban J connectivity index is 1.74. The van der Waals surface area contributed by atoms with Crippen LogP contribution >= 0.6 is 12.2 Å². The molecule has 4 aromatic rings. The molecule has 2 aromatic heterocycles. The number of benzene rings is 2. The van der Waals surface area contributed by atoms with Crippen LogP contribution in [0.15, 0.2) is 72.9 Å². The Morgan fingerprint density at radius 1 is 0.923 bits per heavy atom. The number of methoxy groups -OCH3 is 2. The number of aryl methyl sites for hydroxylation is 1. The summed E-state index contributed by atoms with van der Waals surface area (Å²) in [5.74, 6) is 1.18. The fourth-order valence-corrected chi connectivity index (χ4v) is 5.62. The Labute approximate surface area is 230 Å². The highest BCUT2D eigenvalue weighted by molar-refractivity contribution is 7.80. The van der Waals surface area contributed by atoms with E-state index in [1.54, 1.807) is 50.1 Å². The van der Waals surface area contributed by atoms with Gasteiger partial charge < -0.3 is 24.3 Å². The summed E-state index contributed by atoms with van der Waals surface area (Å²) >= 11 is 5.84. The quantitative estimate of drug-likeness (QED) is 0.269. The van der Waals surface area contributed by atoms with Gasteiger partial charge in [-0.2, -0.15) is 13.2 Å². The van der Waals surface area contributed by atoms with Gasteiger partial charge >= 0.3 is 6.18 Å². The lowest BCUT2D eigenvalue weighted by Gasteiger charge is -2.29. The average Bonchev–Trinajstić information content (AvgIpc) is 3.42. The zero-order chi connectivity index (χ0) is 27.9. The molecule has 10 heteroatoms. The van der Waals surface area contributed by atoms with Crippen LogP contribution < -0.4 is 19.7 Å². The molecule has 5 rings (SSSR count). The van der Waals surface area contributed by atoms with Gasteiger partial charge in [-0.05, 0) is 74.1 Å². The van der Waals surface area contributed by atoms with Crippen molar-refractivity contribution in [1.82, 2.24) is 14.9 Å². The van der Waals surface area contributed by atoms with Crippen molar-refractivity contribution in [3.8, 4) is 17.2 Å². The summed E-state index contributed by atoms with van der Waals surface area (Å²) in [5.41, 5.74) is 2.90. The van der Waals surface area contributed by atoms with E-state index in [1.807, 2.05) is 42.2 Å². The molecule has 1 aliphatic heterocycles. The molecule has 0 saturated carbocycles. The standard InChI is InChI=1S/C29H27F3N4O2S/c1-17-15-20(18(2)35(17)23-11-6-5-9-21(23)29(30,31)32)27-26(22-10-7-8-14-33-22)34-28(39)36(27)24-16-19(37-3)12-13-25(24)38-4/h5-16,26-27H,1-4H3,(H,34,39)/t26-,27-/m1/s1. The SMILES string of the molecule is COc1ccc(OC)c(N2C(=S)N[C@H](c3ccccn3)[C@H]2c2cc(C)n(-c3ccccc3C(F)(F)F)c2C)c1. The van der Waals surface area contributed by atoms with Crippen LogP contribution in [0.5, 0.6) is 11.5 Å². The van der Waals surface area contributed by atoms with Crippen molar-refractivity contribution in [2.75, 3.05) is 19.1 Å². The molecule has 6 nitrogen and oxygen atoms in total. The molecule has 2 atom stereocenters. The number of hydrogen-bond donors (Lipinski definition) is 1. The highest BCUT2D eigenvalue weighted by atomic mass is 32.1. The summed E-state index contributed by atoms with van der Waals surface area (Å²) in [7, 11) is 3.15. The van der Waals surface area contributed by atoms with Gasteiger partial charge in [0, 0.05) is 23.7 Å². The van der Waals surface area contributed by atoms with Crippen molar-refractivity contribution < 1.29 is 22.6 Å². The number of rotatable bonds is 6. The summed E-state index contributed by atoms with van der Waals surface area (Å²) in [6.45, 7) is 3.63. The van der Waals surface area contributed by atoms with E-state index in [1.165, 1.54) is 12.1 Å². The fraction of sp³-hybridized carbons (Fsp3) is 0.241. The fourth-order valence-electron chi connectivity index (χ4n) is 5.28. The lowest BCUT2D eigenvalue weighted by molar-refractivity contribution is -0.137. The molecule has 0 spiro atoms. The molecule has 3 heterocycles. The average molecular weight is 553 g/mol. The van der Waals surface area contributed by atoms with E-state index in [0.717, 1.165) is 17.3 Å². The second-order valence-corrected chi connectivity index (χ2v) is 9.60. The van der Waals surface area contributed by atoms with Crippen LogP contribution in [-0.2, 0) is 6.18 Å². The minimum Gasteiger partial charge on any atom is -0.497 e. The van der Waals surface area contributed by atoms with Crippen LogP contribution in [0.4, 0.5) is 18.9 Å². The van der Waals surface area contributed by atoms with Crippen LogP contribution in [0.3, 0.4) is 0 Å². The van der Waals surface area contributed by atoms with Crippen molar-refractivity contribution in [2.45, 2.75) is 32.1 Å². The molecule has 1 saturated heterocycles. The minimum absolute atomic E-state index is 0.0691. The first-order chi connectivity index (χ1) is 18.7. The van der Waals surface area contributed by atoms with Gasteiger partial charge in [-0.25, -0.2) is 0 Å². The summed E-state index contributed by atoms with van der Waals surface area (Å²) in [6.07, 6.45) is -2.80. The zero-order valence-corrected chi connectivity index (χ0v) is 22.6. The lowest BCUT2D eigenvalue weighted by atomic mass is 9.96. The van der Waals surface area contributed by atoms with Gasteiger partial charge in [-0.15, -0.1) is 0 Å². The van der Waals surface area contributed by atoms with Crippen LogP contribution in [0.2, 0.25) is 0 Å². The van der Waals surface area contributed by atoms with Gasteiger partial charge in [-0.1, -0.05) is 18.2 Å². The maximum absolute atomic E-state index is 14.0. The van der Waals surface area contributed by atoms with Crippen LogP contribution in [0, 0.1) is 13.8 Å². The number of aromatic nitrogens is 2. The van der Waals surface area contributed by atoms with Crippen molar-refractivity contribution in [3.63, 3.8) is 0 Å². The number of ether oxygens (including phenoxy) is 2. The van der Waals surface area contributed by atoms with Crippen molar-refractivity contribution in [2.24, 2.45) is 0 Å². The minimum atomic E-state index is -4.51. The third-order valence-corrected chi connectivity index (χ3v) is 7.30. The molecule has 0 amide bonds. The maximum atomic E-state index is 14.0. The molecule has 1 N–H and O–H groups in total. The monoisotopic (exact) mass is 552 g/mol. The molecule has 202 valence electrons. The Morgan fingerprint density at radius 3 is 2.33 bits per heavy atom. The van der Waals surface area contributed by atoms with Crippen LogP contribution in [-0.4, -0.2) is 28.9 Å². The molecular weight excluding hydrogens is 525 g/mol. The van der Waals surface area contributed by atoms with Crippen LogP contribution in [0.25, 0.3) is 5.69 Å². The van der Waals surface area contributed by atoms with Crippen molar-refractivity contribution in [1.29, 1.82) is 0 Å². The van der Waals surface area contributed by atoms with Gasteiger partial charge in [0.1, 0.15) is 11.5 Å². The number of anilines is 1. The number of nitrogens with one attached hydrogen (secondary N) is 1. The number of hydrogen-bond acceptors (Lipinski definition) is 4. The highest BCUT2D eigenvalue weighted by Crippen LogP contribution is 2.47. The summed E-state index contributed by atoms with van der Waals surface area (Å²) in [5, 5.41) is 3.83. The van der Waals surface area contributed by atoms with E-state index in [4.69, 9.17) is 21.7 Å². The summed E-state index contributed by atoms with van der Waals surface area (Å²) in [4.78, 5) is 6.51. The van der Waals surface area contributed by atoms with E-state index in [2.05, 4.69) is 10.3 Å². The van der Waals surface area contributed by atoms with Gasteiger partial charge in [-0.3, -0.25) is 4.98 Å². The number of pyridine rings is 1. The lowest BCUT2D eigenvalue weighted by Crippen LogP contribution is -2.30. The van der Waals surface area contributed by atoms with Crippen molar-refractivity contribution >= 4 is 23.0 Å².